The van der Waals surface area contributed by atoms with Crippen molar-refractivity contribution < 1.29 is 9.59 Å². The highest BCUT2D eigenvalue weighted by Crippen LogP contribution is 2.49. The summed E-state index contributed by atoms with van der Waals surface area (Å²) in [6, 6.07) is 10.7. The number of rotatable bonds is 4. The van der Waals surface area contributed by atoms with Crippen molar-refractivity contribution in [1.29, 1.82) is 0 Å². The highest BCUT2D eigenvalue weighted by molar-refractivity contribution is 5.87. The minimum absolute atomic E-state index is 0.0488. The minimum atomic E-state index is -0.153. The second kappa shape index (κ2) is 6.11. The van der Waals surface area contributed by atoms with Gasteiger partial charge in [-0.15, -0.1) is 0 Å². The molecular weight excluding hydrogens is 276 g/mol. The maximum Gasteiger partial charge on any atom is 0.223 e. The van der Waals surface area contributed by atoms with E-state index >= 15 is 0 Å². The van der Waals surface area contributed by atoms with Crippen LogP contribution in [-0.2, 0) is 9.59 Å². The monoisotopic (exact) mass is 300 g/mol. The molecule has 0 aromatic heterocycles. The van der Waals surface area contributed by atoms with Gasteiger partial charge in [-0.25, -0.2) is 0 Å². The van der Waals surface area contributed by atoms with Crippen LogP contribution in [-0.4, -0.2) is 36.3 Å². The molecule has 1 N–H and O–H groups in total. The number of amides is 2. The molecule has 0 bridgehead atoms. The van der Waals surface area contributed by atoms with Crippen LogP contribution in [0.2, 0.25) is 0 Å². The summed E-state index contributed by atoms with van der Waals surface area (Å²) < 4.78 is 0. The Morgan fingerprint density at radius 1 is 1.32 bits per heavy atom. The zero-order chi connectivity index (χ0) is 15.7. The van der Waals surface area contributed by atoms with Crippen LogP contribution >= 0.6 is 0 Å². The smallest absolute Gasteiger partial charge is 0.223 e. The predicted octanol–water partition coefficient (Wildman–Crippen LogP) is 2.16. The zero-order valence-electron chi connectivity index (χ0n) is 13.3. The fourth-order valence-electron chi connectivity index (χ4n) is 3.47. The number of hydrogen-bond donors (Lipinski definition) is 1. The number of carbonyl (C=O) groups excluding carboxylic acids is 2. The van der Waals surface area contributed by atoms with Crippen LogP contribution in [0.5, 0.6) is 0 Å². The molecule has 1 aliphatic heterocycles. The molecule has 2 aliphatic rings. The van der Waals surface area contributed by atoms with Crippen LogP contribution in [0, 0.1) is 11.8 Å². The van der Waals surface area contributed by atoms with Crippen molar-refractivity contribution in [2.75, 3.05) is 13.6 Å². The highest BCUT2D eigenvalue weighted by atomic mass is 16.2. The fourth-order valence-corrected chi connectivity index (χ4v) is 3.47. The largest absolute Gasteiger partial charge is 0.353 e. The van der Waals surface area contributed by atoms with Gasteiger partial charge in [-0.3, -0.25) is 9.59 Å². The molecule has 4 atom stereocenters. The molecule has 1 aromatic carbocycles. The average Bonchev–Trinajstić information content (AvgIpc) is 3.31. The molecule has 0 spiro atoms. The van der Waals surface area contributed by atoms with Gasteiger partial charge in [0.25, 0.3) is 0 Å². The van der Waals surface area contributed by atoms with Crippen molar-refractivity contribution in [2.24, 2.45) is 11.8 Å². The predicted molar refractivity (Wildman–Crippen MR) is 85.3 cm³/mol. The lowest BCUT2D eigenvalue weighted by Gasteiger charge is -2.29. The topological polar surface area (TPSA) is 49.4 Å². The van der Waals surface area contributed by atoms with Crippen LogP contribution in [0.4, 0.5) is 0 Å². The van der Waals surface area contributed by atoms with Crippen molar-refractivity contribution in [2.45, 2.75) is 38.1 Å². The summed E-state index contributed by atoms with van der Waals surface area (Å²) >= 11 is 0. The summed E-state index contributed by atoms with van der Waals surface area (Å²) in [4.78, 5) is 25.8. The number of piperidine rings is 1. The van der Waals surface area contributed by atoms with E-state index in [1.165, 1.54) is 5.56 Å². The zero-order valence-corrected chi connectivity index (χ0v) is 13.3. The molecule has 0 radical (unpaired) electrons. The molecule has 2 fully saturated rings. The molecule has 1 aromatic rings. The normalized spacial score (nSPS) is 29.1. The molecule has 0 unspecified atom stereocenters. The Labute approximate surface area is 131 Å². The van der Waals surface area contributed by atoms with Crippen LogP contribution in [0.3, 0.4) is 0 Å². The van der Waals surface area contributed by atoms with E-state index in [4.69, 9.17) is 0 Å². The molecule has 3 rings (SSSR count). The van der Waals surface area contributed by atoms with E-state index in [0.29, 0.717) is 24.8 Å². The summed E-state index contributed by atoms with van der Waals surface area (Å²) in [6.07, 6.45) is 2.26. The number of benzene rings is 1. The molecule has 22 heavy (non-hydrogen) atoms. The van der Waals surface area contributed by atoms with Crippen molar-refractivity contribution in [1.82, 2.24) is 10.2 Å². The van der Waals surface area contributed by atoms with Crippen LogP contribution < -0.4 is 5.32 Å². The number of nitrogens with zero attached hydrogens (tertiary/aromatic N) is 1. The maximum atomic E-state index is 12.4. The van der Waals surface area contributed by atoms with Gasteiger partial charge >= 0.3 is 0 Å². The van der Waals surface area contributed by atoms with Crippen molar-refractivity contribution in [3.05, 3.63) is 35.9 Å². The molecule has 1 saturated heterocycles. The maximum absolute atomic E-state index is 12.4. The number of hydrogen-bond acceptors (Lipinski definition) is 2. The van der Waals surface area contributed by atoms with Gasteiger partial charge in [0.1, 0.15) is 0 Å². The van der Waals surface area contributed by atoms with Gasteiger partial charge in [0.15, 0.2) is 0 Å². The SMILES string of the molecule is C[C@H](NC(=O)[C@@H]1CCN(C)C(=O)C1)[C@H]1C[C@H]1c1ccccc1. The molecule has 1 heterocycles. The first kappa shape index (κ1) is 15.1. The van der Waals surface area contributed by atoms with Gasteiger partial charge in [-0.2, -0.15) is 0 Å². The minimum Gasteiger partial charge on any atom is -0.353 e. The molecule has 1 aliphatic carbocycles. The van der Waals surface area contributed by atoms with E-state index < -0.39 is 0 Å². The third kappa shape index (κ3) is 3.16. The Morgan fingerprint density at radius 3 is 2.73 bits per heavy atom. The number of carbonyl (C=O) groups is 2. The Kier molecular flexibility index (Phi) is 4.19. The van der Waals surface area contributed by atoms with Crippen molar-refractivity contribution in [3.63, 3.8) is 0 Å². The highest BCUT2D eigenvalue weighted by Gasteiger charge is 2.43. The molecule has 2 amide bonds. The summed E-state index contributed by atoms with van der Waals surface area (Å²) in [5.74, 6) is 1.06. The van der Waals surface area contributed by atoms with E-state index in [-0.39, 0.29) is 23.8 Å². The first-order valence-corrected chi connectivity index (χ1v) is 8.15. The van der Waals surface area contributed by atoms with Gasteiger partial charge in [0, 0.05) is 32.0 Å². The number of nitrogens with one attached hydrogen (secondary N) is 1. The molecule has 1 saturated carbocycles. The molecular formula is C18H24N2O2. The lowest BCUT2D eigenvalue weighted by molar-refractivity contribution is -0.139. The third-order valence-corrected chi connectivity index (χ3v) is 5.11. The fraction of sp³-hybridized carbons (Fsp3) is 0.556. The summed E-state index contributed by atoms with van der Waals surface area (Å²) in [5, 5.41) is 3.14. The lowest BCUT2D eigenvalue weighted by atomic mass is 9.95. The van der Waals surface area contributed by atoms with E-state index in [2.05, 4.69) is 36.5 Å². The summed E-state index contributed by atoms with van der Waals surface area (Å²) in [6.45, 7) is 2.77. The standard InChI is InChI=1S/C18H24N2O2/c1-12(15-11-16(15)13-6-4-3-5-7-13)19-18(22)14-8-9-20(2)17(21)10-14/h3-7,12,14-16H,8-11H2,1-2H3,(H,19,22)/t12-,14+,15+,16-/m0/s1. The summed E-state index contributed by atoms with van der Waals surface area (Å²) in [7, 11) is 1.80. The van der Waals surface area contributed by atoms with E-state index in [9.17, 15) is 9.59 Å². The second-order valence-electron chi connectivity index (χ2n) is 6.72. The van der Waals surface area contributed by atoms with Gasteiger partial charge in [0.05, 0.1) is 0 Å². The van der Waals surface area contributed by atoms with E-state index in [1.807, 2.05) is 6.07 Å². The molecule has 118 valence electrons. The Hall–Kier alpha value is -1.84. The first-order valence-electron chi connectivity index (χ1n) is 8.15. The number of likely N-dealkylation sites (tertiary alicyclic amines) is 1. The Bertz CT molecular complexity index is 557. The van der Waals surface area contributed by atoms with Gasteiger partial charge in [-0.1, -0.05) is 30.3 Å². The third-order valence-electron chi connectivity index (χ3n) is 5.11. The Balaban J connectivity index is 1.51. The van der Waals surface area contributed by atoms with E-state index in [1.54, 1.807) is 11.9 Å². The Morgan fingerprint density at radius 2 is 2.05 bits per heavy atom. The molecule has 4 heteroatoms. The van der Waals surface area contributed by atoms with Crippen LogP contribution in [0.15, 0.2) is 30.3 Å². The lowest BCUT2D eigenvalue weighted by Crippen LogP contribution is -2.44. The van der Waals surface area contributed by atoms with Gasteiger partial charge in [-0.05, 0) is 37.2 Å². The summed E-state index contributed by atoms with van der Waals surface area (Å²) in [5.41, 5.74) is 1.36. The first-order chi connectivity index (χ1) is 10.6. The average molecular weight is 300 g/mol. The van der Waals surface area contributed by atoms with Crippen molar-refractivity contribution >= 4 is 11.8 Å². The van der Waals surface area contributed by atoms with Crippen LogP contribution in [0.1, 0.15) is 37.7 Å². The van der Waals surface area contributed by atoms with Crippen molar-refractivity contribution in [3.8, 4) is 0 Å². The quantitative estimate of drug-likeness (QED) is 0.926. The van der Waals surface area contributed by atoms with Gasteiger partial charge in [0.2, 0.25) is 11.8 Å². The van der Waals surface area contributed by atoms with Crippen LogP contribution in [0.25, 0.3) is 0 Å². The molecule has 4 nitrogen and oxygen atoms in total. The van der Waals surface area contributed by atoms with Gasteiger partial charge < -0.3 is 10.2 Å². The second-order valence-corrected chi connectivity index (χ2v) is 6.72. The van der Waals surface area contributed by atoms with E-state index in [0.717, 1.165) is 12.8 Å².